The Kier molecular flexibility index (Phi) is 6.54. The smallest absolute Gasteiger partial charge is 0.0382 e. The van der Waals surface area contributed by atoms with Gasteiger partial charge in [0.2, 0.25) is 0 Å². The second kappa shape index (κ2) is 6.82. The molecular weight excluding hydrogens is 196 g/mol. The maximum Gasteiger partial charge on any atom is 0.0382 e. The predicted molar refractivity (Wildman–Crippen MR) is 63.2 cm³/mol. The van der Waals surface area contributed by atoms with Gasteiger partial charge in [-0.05, 0) is 18.9 Å². The molecule has 0 aliphatic heterocycles. The minimum Gasteiger partial charge on any atom is -0.268 e. The van der Waals surface area contributed by atoms with Crippen molar-refractivity contribution in [2.75, 3.05) is 0 Å². The van der Waals surface area contributed by atoms with Crippen molar-refractivity contribution in [2.24, 2.45) is 5.84 Å². The van der Waals surface area contributed by atoms with E-state index in [1.807, 2.05) is 23.2 Å². The van der Waals surface area contributed by atoms with Gasteiger partial charge in [0.15, 0.2) is 0 Å². The zero-order valence-corrected chi connectivity index (χ0v) is 9.63. The van der Waals surface area contributed by atoms with Crippen LogP contribution in [-0.2, 0) is 6.54 Å². The van der Waals surface area contributed by atoms with E-state index >= 15 is 0 Å². The van der Waals surface area contributed by atoms with E-state index in [9.17, 15) is 0 Å². The fourth-order valence-corrected chi connectivity index (χ4v) is 1.18. The Morgan fingerprint density at radius 3 is 2.36 bits per heavy atom. The van der Waals surface area contributed by atoms with Crippen molar-refractivity contribution in [1.82, 2.24) is 5.01 Å². The van der Waals surface area contributed by atoms with Crippen molar-refractivity contribution >= 4 is 12.4 Å². The van der Waals surface area contributed by atoms with Crippen LogP contribution in [0.4, 0.5) is 0 Å². The molecule has 0 aromatic heterocycles. The van der Waals surface area contributed by atoms with Crippen LogP contribution < -0.4 is 5.84 Å². The number of hydrazine groups is 1. The quantitative estimate of drug-likeness (QED) is 0.617. The van der Waals surface area contributed by atoms with Gasteiger partial charge in [-0.15, -0.1) is 12.4 Å². The molecule has 0 saturated heterocycles. The molecule has 0 fully saturated rings. The molecule has 0 aliphatic carbocycles. The molecule has 0 heterocycles. The van der Waals surface area contributed by atoms with Gasteiger partial charge < -0.3 is 0 Å². The highest BCUT2D eigenvalue weighted by molar-refractivity contribution is 5.85. The van der Waals surface area contributed by atoms with Crippen molar-refractivity contribution in [3.8, 4) is 0 Å². The van der Waals surface area contributed by atoms with Crippen LogP contribution in [0.25, 0.3) is 0 Å². The van der Waals surface area contributed by atoms with Gasteiger partial charge in [-0.3, -0.25) is 5.84 Å². The lowest BCUT2D eigenvalue weighted by Crippen LogP contribution is -2.38. The van der Waals surface area contributed by atoms with Gasteiger partial charge >= 0.3 is 0 Å². The maximum atomic E-state index is 5.89. The van der Waals surface area contributed by atoms with Gasteiger partial charge in [0.1, 0.15) is 0 Å². The van der Waals surface area contributed by atoms with Gasteiger partial charge in [0.05, 0.1) is 0 Å². The second-order valence-corrected chi connectivity index (χ2v) is 3.42. The fraction of sp³-hybridized carbons (Fsp3) is 0.455. The van der Waals surface area contributed by atoms with Gasteiger partial charge in [0.25, 0.3) is 0 Å². The summed E-state index contributed by atoms with van der Waals surface area (Å²) in [7, 11) is 0. The second-order valence-electron chi connectivity index (χ2n) is 3.42. The molecule has 14 heavy (non-hydrogen) atoms. The molecule has 0 saturated carbocycles. The normalized spacial score (nSPS) is 12.3. The molecular formula is C11H19ClN2. The molecule has 80 valence electrons. The van der Waals surface area contributed by atoms with Crippen molar-refractivity contribution in [1.29, 1.82) is 0 Å². The van der Waals surface area contributed by atoms with E-state index in [-0.39, 0.29) is 12.4 Å². The lowest BCUT2D eigenvalue weighted by molar-refractivity contribution is 0.200. The van der Waals surface area contributed by atoms with Gasteiger partial charge in [-0.2, -0.15) is 0 Å². The Morgan fingerprint density at radius 2 is 1.86 bits per heavy atom. The summed E-state index contributed by atoms with van der Waals surface area (Å²) in [5.74, 6) is 5.89. The summed E-state index contributed by atoms with van der Waals surface area (Å²) in [6.07, 6.45) is 1.09. The standard InChI is InChI=1S/C11H18N2.ClH/c1-3-10(2)13(12)9-11-7-5-4-6-8-11;/h4-8,10H,3,9,12H2,1-2H3;1H. The number of halogens is 1. The summed E-state index contributed by atoms with van der Waals surface area (Å²) in [5, 5.41) is 1.88. The molecule has 1 atom stereocenters. The van der Waals surface area contributed by atoms with Crippen molar-refractivity contribution < 1.29 is 0 Å². The average Bonchev–Trinajstić information content (AvgIpc) is 2.18. The molecule has 0 amide bonds. The third-order valence-electron chi connectivity index (χ3n) is 2.36. The number of hydrogen-bond donors (Lipinski definition) is 1. The molecule has 2 nitrogen and oxygen atoms in total. The van der Waals surface area contributed by atoms with Crippen molar-refractivity contribution in [3.63, 3.8) is 0 Å². The van der Waals surface area contributed by atoms with Crippen molar-refractivity contribution in [3.05, 3.63) is 35.9 Å². The van der Waals surface area contributed by atoms with E-state index in [2.05, 4.69) is 26.0 Å². The molecule has 3 heteroatoms. The molecule has 2 N–H and O–H groups in total. The first kappa shape index (κ1) is 13.4. The van der Waals surface area contributed by atoms with Gasteiger partial charge in [0, 0.05) is 12.6 Å². The summed E-state index contributed by atoms with van der Waals surface area (Å²) >= 11 is 0. The highest BCUT2D eigenvalue weighted by Crippen LogP contribution is 2.05. The minimum atomic E-state index is 0. The summed E-state index contributed by atoms with van der Waals surface area (Å²) in [6.45, 7) is 5.12. The monoisotopic (exact) mass is 214 g/mol. The minimum absolute atomic E-state index is 0. The Balaban J connectivity index is 0.00000169. The third-order valence-corrected chi connectivity index (χ3v) is 2.36. The topological polar surface area (TPSA) is 29.3 Å². The van der Waals surface area contributed by atoms with E-state index in [0.29, 0.717) is 6.04 Å². The third kappa shape index (κ3) is 4.09. The first-order chi connectivity index (χ1) is 6.24. The summed E-state index contributed by atoms with van der Waals surface area (Å²) < 4.78 is 0. The van der Waals surface area contributed by atoms with Crippen LogP contribution in [0, 0.1) is 0 Å². The Hall–Kier alpha value is -0.570. The predicted octanol–water partition coefficient (Wildman–Crippen LogP) is 2.58. The van der Waals surface area contributed by atoms with Crippen LogP contribution in [-0.4, -0.2) is 11.1 Å². The molecule has 1 aromatic carbocycles. The molecule has 0 spiro atoms. The zero-order valence-electron chi connectivity index (χ0n) is 8.81. The van der Waals surface area contributed by atoms with Crippen LogP contribution in [0.1, 0.15) is 25.8 Å². The highest BCUT2D eigenvalue weighted by atomic mass is 35.5. The Labute approximate surface area is 92.5 Å². The zero-order chi connectivity index (χ0) is 9.68. The molecule has 0 aliphatic rings. The van der Waals surface area contributed by atoms with E-state index in [1.54, 1.807) is 0 Å². The summed E-state index contributed by atoms with van der Waals surface area (Å²) in [5.41, 5.74) is 1.27. The Bertz CT molecular complexity index is 238. The molecule has 0 radical (unpaired) electrons. The number of nitrogens with two attached hydrogens (primary N) is 1. The van der Waals surface area contributed by atoms with E-state index in [1.165, 1.54) is 5.56 Å². The number of rotatable bonds is 4. The highest BCUT2D eigenvalue weighted by Gasteiger charge is 2.06. The van der Waals surface area contributed by atoms with Gasteiger partial charge in [-0.25, -0.2) is 5.01 Å². The first-order valence-corrected chi connectivity index (χ1v) is 4.79. The van der Waals surface area contributed by atoms with Crippen LogP contribution in [0.3, 0.4) is 0 Å². The number of nitrogens with zero attached hydrogens (tertiary/aromatic N) is 1. The van der Waals surface area contributed by atoms with E-state index < -0.39 is 0 Å². The van der Waals surface area contributed by atoms with E-state index in [0.717, 1.165) is 13.0 Å². The number of benzene rings is 1. The average molecular weight is 215 g/mol. The van der Waals surface area contributed by atoms with E-state index in [4.69, 9.17) is 5.84 Å². The van der Waals surface area contributed by atoms with Crippen LogP contribution in [0.15, 0.2) is 30.3 Å². The lowest BCUT2D eigenvalue weighted by atomic mass is 10.2. The lowest BCUT2D eigenvalue weighted by Gasteiger charge is -2.22. The van der Waals surface area contributed by atoms with Crippen LogP contribution >= 0.6 is 12.4 Å². The Morgan fingerprint density at radius 1 is 1.29 bits per heavy atom. The molecule has 1 aromatic rings. The molecule has 1 rings (SSSR count). The molecule has 0 bridgehead atoms. The molecule has 1 unspecified atom stereocenters. The van der Waals surface area contributed by atoms with Crippen molar-refractivity contribution in [2.45, 2.75) is 32.9 Å². The maximum absolute atomic E-state index is 5.89. The fourth-order valence-electron chi connectivity index (χ4n) is 1.18. The van der Waals surface area contributed by atoms with Gasteiger partial charge in [-0.1, -0.05) is 37.3 Å². The summed E-state index contributed by atoms with van der Waals surface area (Å²) in [6, 6.07) is 10.7. The summed E-state index contributed by atoms with van der Waals surface area (Å²) in [4.78, 5) is 0. The largest absolute Gasteiger partial charge is 0.268 e. The first-order valence-electron chi connectivity index (χ1n) is 4.79. The van der Waals surface area contributed by atoms with Crippen LogP contribution in [0.2, 0.25) is 0 Å². The number of hydrogen-bond acceptors (Lipinski definition) is 2. The SMILES string of the molecule is CCC(C)N(N)Cc1ccccc1.Cl. The van der Waals surface area contributed by atoms with Crippen LogP contribution in [0.5, 0.6) is 0 Å².